The number of methoxy groups -OCH3 is 1. The van der Waals surface area contributed by atoms with Gasteiger partial charge < -0.3 is 4.74 Å². The Kier molecular flexibility index (Phi) is 5.88. The van der Waals surface area contributed by atoms with Gasteiger partial charge in [-0.05, 0) is 37.0 Å². The Morgan fingerprint density at radius 3 is 2.42 bits per heavy atom. The lowest BCUT2D eigenvalue weighted by molar-refractivity contribution is 0.0465. The van der Waals surface area contributed by atoms with E-state index in [2.05, 4.69) is 40.4 Å². The minimum Gasteiger partial charge on any atom is -0.384 e. The van der Waals surface area contributed by atoms with Crippen molar-refractivity contribution >= 4 is 8.07 Å². The monoisotopic (exact) mass is 282 g/mol. The van der Waals surface area contributed by atoms with Crippen LogP contribution < -0.4 is 0 Å². The van der Waals surface area contributed by atoms with Crippen molar-refractivity contribution in [2.24, 2.45) is 11.3 Å². The molecule has 112 valence electrons. The van der Waals surface area contributed by atoms with Crippen LogP contribution in [-0.4, -0.2) is 21.8 Å². The van der Waals surface area contributed by atoms with Crippen LogP contribution in [0.2, 0.25) is 19.6 Å². The molecule has 1 nitrogen and oxygen atoms in total. The molecule has 0 fully saturated rings. The fraction of sp³-hybridized carbons (Fsp3) is 0.882. The van der Waals surface area contributed by atoms with E-state index >= 15 is 0 Å². The molecular formula is C17H34OSi. The molecule has 1 aliphatic rings. The molecule has 0 spiro atoms. The Labute approximate surface area is 121 Å². The molecule has 0 heterocycles. The molecule has 0 N–H and O–H groups in total. The summed E-state index contributed by atoms with van der Waals surface area (Å²) in [6.07, 6.45) is 6.59. The third-order valence-corrected chi connectivity index (χ3v) is 7.30. The zero-order chi connectivity index (χ0) is 14.7. The summed E-state index contributed by atoms with van der Waals surface area (Å²) >= 11 is 0. The average molecular weight is 283 g/mol. The van der Waals surface area contributed by atoms with Crippen LogP contribution in [0, 0.1) is 11.3 Å². The quantitative estimate of drug-likeness (QED) is 0.590. The standard InChI is InChI=1S/C17H34OSi/c1-8-9-10-15-11-14(2)17(3,13-18-4)12-16(15)19(5,6)7/h14H,8-13H2,1-7H3/t14-,17+/m1/s1. The third kappa shape index (κ3) is 4.19. The zero-order valence-corrected chi connectivity index (χ0v) is 15.2. The van der Waals surface area contributed by atoms with Gasteiger partial charge in [0.1, 0.15) is 0 Å². The van der Waals surface area contributed by atoms with Crippen molar-refractivity contribution in [2.45, 2.75) is 72.5 Å². The lowest BCUT2D eigenvalue weighted by Crippen LogP contribution is -2.40. The van der Waals surface area contributed by atoms with Gasteiger partial charge in [0.2, 0.25) is 0 Å². The highest BCUT2D eigenvalue weighted by Gasteiger charge is 2.40. The van der Waals surface area contributed by atoms with Crippen LogP contribution in [0.5, 0.6) is 0 Å². The van der Waals surface area contributed by atoms with Crippen LogP contribution in [0.1, 0.15) is 52.9 Å². The molecule has 0 unspecified atom stereocenters. The van der Waals surface area contributed by atoms with Gasteiger partial charge in [0.25, 0.3) is 0 Å². The molecule has 0 bridgehead atoms. The lowest BCUT2D eigenvalue weighted by Gasteiger charge is -2.44. The van der Waals surface area contributed by atoms with Gasteiger partial charge in [0.05, 0.1) is 14.7 Å². The van der Waals surface area contributed by atoms with Crippen molar-refractivity contribution in [3.63, 3.8) is 0 Å². The van der Waals surface area contributed by atoms with Crippen molar-refractivity contribution in [1.29, 1.82) is 0 Å². The molecule has 19 heavy (non-hydrogen) atoms. The number of allylic oxidation sites excluding steroid dienone is 2. The summed E-state index contributed by atoms with van der Waals surface area (Å²) in [7, 11) is 0.657. The van der Waals surface area contributed by atoms with Crippen molar-refractivity contribution in [3.05, 3.63) is 10.8 Å². The molecule has 0 amide bonds. The smallest absolute Gasteiger partial charge is 0.0724 e. The summed E-state index contributed by atoms with van der Waals surface area (Å²) < 4.78 is 5.52. The maximum Gasteiger partial charge on any atom is 0.0724 e. The highest BCUT2D eigenvalue weighted by atomic mass is 28.3. The summed E-state index contributed by atoms with van der Waals surface area (Å²) in [6.45, 7) is 15.6. The van der Waals surface area contributed by atoms with E-state index in [1.165, 1.54) is 32.1 Å². The summed E-state index contributed by atoms with van der Waals surface area (Å²) in [5.41, 5.74) is 2.15. The van der Waals surface area contributed by atoms with E-state index in [4.69, 9.17) is 4.74 Å². The van der Waals surface area contributed by atoms with E-state index in [-0.39, 0.29) is 0 Å². The molecule has 1 rings (SSSR count). The molecule has 0 aromatic rings. The minimum atomic E-state index is -1.19. The van der Waals surface area contributed by atoms with E-state index in [1.807, 2.05) is 17.9 Å². The fourth-order valence-electron chi connectivity index (χ4n) is 3.40. The lowest BCUT2D eigenvalue weighted by atomic mass is 9.68. The molecule has 2 heteroatoms. The Morgan fingerprint density at radius 2 is 1.95 bits per heavy atom. The van der Waals surface area contributed by atoms with E-state index in [1.54, 1.807) is 0 Å². The van der Waals surface area contributed by atoms with Crippen LogP contribution >= 0.6 is 0 Å². The van der Waals surface area contributed by atoms with Gasteiger partial charge in [-0.15, -0.1) is 0 Å². The van der Waals surface area contributed by atoms with Crippen LogP contribution in [0.15, 0.2) is 10.8 Å². The molecule has 0 saturated carbocycles. The molecule has 0 aromatic carbocycles. The topological polar surface area (TPSA) is 9.23 Å². The number of unbranched alkanes of at least 4 members (excludes halogenated alkanes) is 1. The van der Waals surface area contributed by atoms with E-state index in [0.717, 1.165) is 12.5 Å². The van der Waals surface area contributed by atoms with Gasteiger partial charge >= 0.3 is 0 Å². The van der Waals surface area contributed by atoms with Gasteiger partial charge in [-0.1, -0.05) is 57.6 Å². The van der Waals surface area contributed by atoms with Crippen molar-refractivity contribution in [2.75, 3.05) is 13.7 Å². The van der Waals surface area contributed by atoms with Crippen molar-refractivity contribution in [3.8, 4) is 0 Å². The first-order chi connectivity index (χ1) is 8.74. The summed E-state index contributed by atoms with van der Waals surface area (Å²) in [5.74, 6) is 0.749. The predicted molar refractivity (Wildman–Crippen MR) is 88.3 cm³/mol. The van der Waals surface area contributed by atoms with Crippen molar-refractivity contribution < 1.29 is 4.74 Å². The van der Waals surface area contributed by atoms with Crippen LogP contribution in [-0.2, 0) is 4.74 Å². The van der Waals surface area contributed by atoms with E-state index < -0.39 is 8.07 Å². The zero-order valence-electron chi connectivity index (χ0n) is 14.2. The Balaban J connectivity index is 3.04. The Hall–Kier alpha value is -0.0831. The maximum absolute atomic E-state index is 5.52. The Morgan fingerprint density at radius 1 is 1.32 bits per heavy atom. The number of hydrogen-bond acceptors (Lipinski definition) is 1. The molecule has 0 aliphatic heterocycles. The molecule has 2 atom stereocenters. The maximum atomic E-state index is 5.52. The van der Waals surface area contributed by atoms with Crippen LogP contribution in [0.25, 0.3) is 0 Å². The fourth-order valence-corrected chi connectivity index (χ4v) is 5.63. The average Bonchev–Trinajstić information content (AvgIpc) is 2.29. The summed E-state index contributed by atoms with van der Waals surface area (Å²) in [5, 5.41) is 1.85. The SMILES string of the molecule is CCCCC1=C([Si](C)(C)C)C[C@@](C)(COC)[C@H](C)C1. The second kappa shape index (κ2) is 6.58. The van der Waals surface area contributed by atoms with E-state index in [9.17, 15) is 0 Å². The van der Waals surface area contributed by atoms with Gasteiger partial charge in [0, 0.05) is 7.11 Å². The van der Waals surface area contributed by atoms with Crippen molar-refractivity contribution in [1.82, 2.24) is 0 Å². The normalized spacial score (nSPS) is 28.9. The van der Waals surface area contributed by atoms with Gasteiger partial charge in [-0.2, -0.15) is 0 Å². The minimum absolute atomic E-state index is 0.347. The first kappa shape index (κ1) is 17.0. The first-order valence-corrected chi connectivity index (χ1v) is 11.4. The second-order valence-corrected chi connectivity index (χ2v) is 12.9. The number of ether oxygens (including phenoxy) is 1. The number of hydrogen-bond donors (Lipinski definition) is 0. The van der Waals surface area contributed by atoms with Gasteiger partial charge in [-0.3, -0.25) is 0 Å². The van der Waals surface area contributed by atoms with Crippen LogP contribution in [0.4, 0.5) is 0 Å². The molecule has 0 radical (unpaired) electrons. The van der Waals surface area contributed by atoms with Gasteiger partial charge in [0.15, 0.2) is 0 Å². The molecule has 1 aliphatic carbocycles. The largest absolute Gasteiger partial charge is 0.384 e. The predicted octanol–water partition coefficient (Wildman–Crippen LogP) is 5.43. The van der Waals surface area contributed by atoms with Gasteiger partial charge in [-0.25, -0.2) is 0 Å². The third-order valence-electron chi connectivity index (χ3n) is 4.96. The molecular weight excluding hydrogens is 248 g/mol. The van der Waals surface area contributed by atoms with Crippen LogP contribution in [0.3, 0.4) is 0 Å². The highest BCUT2D eigenvalue weighted by molar-refractivity contribution is 6.83. The molecule has 0 saturated heterocycles. The Bertz CT molecular complexity index is 327. The summed E-state index contributed by atoms with van der Waals surface area (Å²) in [6, 6.07) is 0. The first-order valence-electron chi connectivity index (χ1n) is 7.95. The highest BCUT2D eigenvalue weighted by Crippen LogP contribution is 2.47. The van der Waals surface area contributed by atoms with E-state index in [0.29, 0.717) is 5.41 Å². The number of rotatable bonds is 6. The summed E-state index contributed by atoms with van der Waals surface area (Å²) in [4.78, 5) is 0. The molecule has 0 aromatic heterocycles. The second-order valence-electron chi connectivity index (χ2n) is 7.80.